The number of benzene rings is 2. The van der Waals surface area contributed by atoms with Crippen LogP contribution in [0.1, 0.15) is 23.0 Å². The van der Waals surface area contributed by atoms with E-state index in [1.807, 2.05) is 0 Å². The number of aromatic hydroxyl groups is 1. The molecule has 2 aromatic carbocycles. The average molecular weight is 368 g/mol. The number of rotatable bonds is 5. The van der Waals surface area contributed by atoms with Crippen LogP contribution in [0, 0.1) is 0 Å². The highest BCUT2D eigenvalue weighted by molar-refractivity contribution is 5.44. The zero-order valence-corrected chi connectivity index (χ0v) is 13.6. The molecular weight excluding hydrogens is 353 g/mol. The maximum Gasteiger partial charge on any atom is 0.416 e. The molecule has 1 aliphatic rings. The fraction of sp³-hybridized carbons (Fsp3) is 0.222. The number of ether oxygens (including phenoxy) is 4. The molecule has 0 saturated carbocycles. The van der Waals surface area contributed by atoms with Crippen LogP contribution in [0.5, 0.6) is 17.2 Å². The first-order valence-corrected chi connectivity index (χ1v) is 7.54. The number of alkyl halides is 3. The predicted molar refractivity (Wildman–Crippen MR) is 84.5 cm³/mol. The molecule has 0 atom stereocenters. The molecule has 138 valence electrons. The van der Waals surface area contributed by atoms with Crippen molar-refractivity contribution in [2.24, 2.45) is 0 Å². The SMILES string of the molecule is COc1cc(C2OC=CO2)ccc1OCc1ccc(O)cc1C(F)(F)F. The lowest BCUT2D eigenvalue weighted by molar-refractivity contribution is -0.138. The van der Waals surface area contributed by atoms with Crippen LogP contribution in [0.3, 0.4) is 0 Å². The molecular formula is C18H15F3O5. The molecule has 26 heavy (non-hydrogen) atoms. The highest BCUT2D eigenvalue weighted by Crippen LogP contribution is 2.37. The molecule has 0 saturated heterocycles. The Morgan fingerprint density at radius 3 is 2.42 bits per heavy atom. The van der Waals surface area contributed by atoms with E-state index in [0.29, 0.717) is 17.4 Å². The van der Waals surface area contributed by atoms with Gasteiger partial charge in [0.05, 0.1) is 12.7 Å². The lowest BCUT2D eigenvalue weighted by atomic mass is 10.1. The Balaban J connectivity index is 1.80. The Hall–Kier alpha value is -3.03. The quantitative estimate of drug-likeness (QED) is 0.841. The van der Waals surface area contributed by atoms with Crippen molar-refractivity contribution in [3.05, 3.63) is 65.6 Å². The van der Waals surface area contributed by atoms with Crippen molar-refractivity contribution >= 4 is 0 Å². The van der Waals surface area contributed by atoms with Crippen molar-refractivity contribution in [2.45, 2.75) is 19.1 Å². The Kier molecular flexibility index (Phi) is 4.83. The second-order valence-electron chi connectivity index (χ2n) is 5.41. The summed E-state index contributed by atoms with van der Waals surface area (Å²) in [7, 11) is 1.42. The van der Waals surface area contributed by atoms with Crippen LogP contribution in [0.4, 0.5) is 13.2 Å². The Morgan fingerprint density at radius 2 is 1.77 bits per heavy atom. The summed E-state index contributed by atoms with van der Waals surface area (Å²) in [5, 5.41) is 9.31. The third-order valence-electron chi connectivity index (χ3n) is 3.70. The maximum atomic E-state index is 13.1. The summed E-state index contributed by atoms with van der Waals surface area (Å²) in [5.74, 6) is 0.130. The molecule has 5 nitrogen and oxygen atoms in total. The number of phenols is 1. The van der Waals surface area contributed by atoms with Crippen LogP contribution in [0.2, 0.25) is 0 Å². The maximum absolute atomic E-state index is 13.1. The van der Waals surface area contributed by atoms with E-state index in [-0.39, 0.29) is 17.9 Å². The molecule has 0 spiro atoms. The van der Waals surface area contributed by atoms with E-state index in [9.17, 15) is 18.3 Å². The van der Waals surface area contributed by atoms with Crippen LogP contribution >= 0.6 is 0 Å². The van der Waals surface area contributed by atoms with Gasteiger partial charge < -0.3 is 24.1 Å². The number of phenolic OH excluding ortho intramolecular Hbond substituents is 1. The van der Waals surface area contributed by atoms with Gasteiger partial charge in [0.25, 0.3) is 6.29 Å². The average Bonchev–Trinajstić information content (AvgIpc) is 3.14. The van der Waals surface area contributed by atoms with Crippen molar-refractivity contribution in [3.8, 4) is 17.2 Å². The normalized spacial score (nSPS) is 14.0. The Bertz CT molecular complexity index is 809. The van der Waals surface area contributed by atoms with Crippen molar-refractivity contribution < 1.29 is 37.2 Å². The molecule has 8 heteroatoms. The number of hydrogen-bond donors (Lipinski definition) is 1. The highest BCUT2D eigenvalue weighted by atomic mass is 19.4. The molecule has 0 radical (unpaired) electrons. The van der Waals surface area contributed by atoms with Crippen LogP contribution in [-0.4, -0.2) is 12.2 Å². The monoisotopic (exact) mass is 368 g/mol. The minimum absolute atomic E-state index is 0.104. The summed E-state index contributed by atoms with van der Waals surface area (Å²) in [6.07, 6.45) is -2.39. The van der Waals surface area contributed by atoms with E-state index in [4.69, 9.17) is 18.9 Å². The summed E-state index contributed by atoms with van der Waals surface area (Å²) in [6.45, 7) is -0.344. The smallest absolute Gasteiger partial charge is 0.416 e. The van der Waals surface area contributed by atoms with Gasteiger partial charge in [0, 0.05) is 11.1 Å². The second kappa shape index (κ2) is 7.07. The molecule has 0 aliphatic carbocycles. The minimum Gasteiger partial charge on any atom is -0.508 e. The predicted octanol–water partition coefficient (Wildman–Crippen LogP) is 4.52. The fourth-order valence-corrected chi connectivity index (χ4v) is 2.46. The summed E-state index contributed by atoms with van der Waals surface area (Å²) in [5.41, 5.74) is -0.389. The lowest BCUT2D eigenvalue weighted by Gasteiger charge is -2.17. The largest absolute Gasteiger partial charge is 0.508 e. The van der Waals surface area contributed by atoms with E-state index in [2.05, 4.69) is 0 Å². The fourth-order valence-electron chi connectivity index (χ4n) is 2.46. The van der Waals surface area contributed by atoms with E-state index < -0.39 is 23.8 Å². The molecule has 2 aromatic rings. The van der Waals surface area contributed by atoms with Crippen LogP contribution in [0.25, 0.3) is 0 Å². The number of hydrogen-bond acceptors (Lipinski definition) is 5. The Morgan fingerprint density at radius 1 is 1.04 bits per heavy atom. The third-order valence-corrected chi connectivity index (χ3v) is 3.70. The summed E-state index contributed by atoms with van der Waals surface area (Å²) < 4.78 is 60.5. The van der Waals surface area contributed by atoms with Gasteiger partial charge in [-0.1, -0.05) is 6.07 Å². The minimum atomic E-state index is -4.60. The van der Waals surface area contributed by atoms with Crippen LogP contribution < -0.4 is 9.47 Å². The lowest BCUT2D eigenvalue weighted by Crippen LogP contribution is -2.11. The van der Waals surface area contributed by atoms with Gasteiger partial charge in [0.15, 0.2) is 11.5 Å². The standard InChI is InChI=1S/C18H15F3O5/c1-23-16-8-11(17-24-6-7-25-17)3-5-15(16)26-10-12-2-4-13(22)9-14(12)18(19,20)21/h2-9,17,22H,10H2,1H3. The van der Waals surface area contributed by atoms with Gasteiger partial charge in [-0.3, -0.25) is 0 Å². The molecule has 0 unspecified atom stereocenters. The van der Waals surface area contributed by atoms with Gasteiger partial charge >= 0.3 is 6.18 Å². The third kappa shape index (κ3) is 3.79. The van der Waals surface area contributed by atoms with Crippen molar-refractivity contribution in [1.29, 1.82) is 0 Å². The summed E-state index contributed by atoms with van der Waals surface area (Å²) in [4.78, 5) is 0. The van der Waals surface area contributed by atoms with Gasteiger partial charge in [-0.15, -0.1) is 0 Å². The van der Waals surface area contributed by atoms with E-state index in [1.54, 1.807) is 18.2 Å². The van der Waals surface area contributed by atoms with Crippen molar-refractivity contribution in [1.82, 2.24) is 0 Å². The summed E-state index contributed by atoms with van der Waals surface area (Å²) in [6, 6.07) is 7.86. The molecule has 1 N–H and O–H groups in total. The van der Waals surface area contributed by atoms with Gasteiger partial charge in [-0.25, -0.2) is 0 Å². The summed E-state index contributed by atoms with van der Waals surface area (Å²) >= 11 is 0. The van der Waals surface area contributed by atoms with Gasteiger partial charge in [-0.05, 0) is 30.3 Å². The first kappa shape index (κ1) is 17.8. The number of methoxy groups -OCH3 is 1. The zero-order chi connectivity index (χ0) is 18.7. The van der Waals surface area contributed by atoms with Gasteiger partial charge in [0.1, 0.15) is 24.9 Å². The van der Waals surface area contributed by atoms with Crippen LogP contribution in [-0.2, 0) is 22.3 Å². The molecule has 0 fully saturated rings. The van der Waals surface area contributed by atoms with Crippen molar-refractivity contribution in [3.63, 3.8) is 0 Å². The van der Waals surface area contributed by atoms with Crippen LogP contribution in [0.15, 0.2) is 48.9 Å². The molecule has 1 heterocycles. The molecule has 0 aromatic heterocycles. The second-order valence-corrected chi connectivity index (χ2v) is 5.41. The molecule has 1 aliphatic heterocycles. The van der Waals surface area contributed by atoms with E-state index >= 15 is 0 Å². The first-order chi connectivity index (χ1) is 12.4. The highest BCUT2D eigenvalue weighted by Gasteiger charge is 2.34. The van der Waals surface area contributed by atoms with Gasteiger partial charge in [-0.2, -0.15) is 13.2 Å². The molecule has 0 amide bonds. The molecule has 0 bridgehead atoms. The topological polar surface area (TPSA) is 57.2 Å². The van der Waals surface area contributed by atoms with E-state index in [0.717, 1.165) is 0 Å². The van der Waals surface area contributed by atoms with Gasteiger partial charge in [0.2, 0.25) is 0 Å². The van der Waals surface area contributed by atoms with Crippen molar-refractivity contribution in [2.75, 3.05) is 7.11 Å². The van der Waals surface area contributed by atoms with E-state index in [1.165, 1.54) is 31.8 Å². The zero-order valence-electron chi connectivity index (χ0n) is 13.6. The Labute approximate surface area is 147 Å². The molecule has 3 rings (SSSR count). The number of halogens is 3. The first-order valence-electron chi connectivity index (χ1n) is 7.54.